The SMILES string of the molecule is O=C(O)C(CC1Cc2ccccc2S1)C1CCCC1. The highest BCUT2D eigenvalue weighted by molar-refractivity contribution is 8.00. The quantitative estimate of drug-likeness (QED) is 0.903. The first-order valence-electron chi connectivity index (χ1n) is 7.21. The molecule has 102 valence electrons. The summed E-state index contributed by atoms with van der Waals surface area (Å²) in [4.78, 5) is 12.9. The van der Waals surface area contributed by atoms with Crippen molar-refractivity contribution in [1.82, 2.24) is 0 Å². The van der Waals surface area contributed by atoms with E-state index in [-0.39, 0.29) is 5.92 Å². The van der Waals surface area contributed by atoms with Crippen LogP contribution in [0.1, 0.15) is 37.7 Å². The fraction of sp³-hybridized carbons (Fsp3) is 0.562. The number of benzene rings is 1. The lowest BCUT2D eigenvalue weighted by Gasteiger charge is -2.21. The summed E-state index contributed by atoms with van der Waals surface area (Å²) in [5, 5.41) is 9.96. The number of rotatable bonds is 4. The Hall–Kier alpha value is -0.960. The molecule has 1 aliphatic carbocycles. The molecule has 1 N–H and O–H groups in total. The Bertz CT molecular complexity index is 441. The van der Waals surface area contributed by atoms with Crippen molar-refractivity contribution >= 4 is 17.7 Å². The van der Waals surface area contributed by atoms with Crippen molar-refractivity contribution in [2.75, 3.05) is 0 Å². The van der Waals surface area contributed by atoms with Crippen LogP contribution in [-0.2, 0) is 11.2 Å². The van der Waals surface area contributed by atoms with Gasteiger partial charge in [0.25, 0.3) is 0 Å². The molecular formula is C16H20O2S. The Kier molecular flexibility index (Phi) is 3.83. The van der Waals surface area contributed by atoms with Crippen molar-refractivity contribution in [2.24, 2.45) is 11.8 Å². The maximum absolute atomic E-state index is 11.5. The van der Waals surface area contributed by atoms with E-state index < -0.39 is 5.97 Å². The van der Waals surface area contributed by atoms with Crippen LogP contribution in [0.2, 0.25) is 0 Å². The summed E-state index contributed by atoms with van der Waals surface area (Å²) in [6, 6.07) is 8.48. The van der Waals surface area contributed by atoms with E-state index in [9.17, 15) is 9.90 Å². The molecule has 0 spiro atoms. The Balaban J connectivity index is 1.66. The van der Waals surface area contributed by atoms with Gasteiger partial charge in [0, 0.05) is 10.1 Å². The van der Waals surface area contributed by atoms with E-state index in [1.165, 1.54) is 23.3 Å². The molecule has 0 amide bonds. The molecule has 2 nitrogen and oxygen atoms in total. The molecule has 1 saturated carbocycles. The van der Waals surface area contributed by atoms with Gasteiger partial charge in [0.05, 0.1) is 5.92 Å². The molecular weight excluding hydrogens is 256 g/mol. The predicted molar refractivity (Wildman–Crippen MR) is 77.5 cm³/mol. The third-order valence-corrected chi connectivity index (χ3v) is 5.86. The first kappa shape index (κ1) is 13.0. The average Bonchev–Trinajstić information content (AvgIpc) is 3.04. The fourth-order valence-electron chi connectivity index (χ4n) is 3.52. The molecule has 1 fully saturated rings. The zero-order valence-corrected chi connectivity index (χ0v) is 11.9. The van der Waals surface area contributed by atoms with Crippen molar-refractivity contribution in [3.8, 4) is 0 Å². The lowest BCUT2D eigenvalue weighted by molar-refractivity contribution is -0.143. The van der Waals surface area contributed by atoms with Gasteiger partial charge in [-0.05, 0) is 43.2 Å². The number of thioether (sulfide) groups is 1. The van der Waals surface area contributed by atoms with Gasteiger partial charge >= 0.3 is 5.97 Å². The zero-order valence-electron chi connectivity index (χ0n) is 11.0. The molecule has 2 unspecified atom stereocenters. The van der Waals surface area contributed by atoms with Gasteiger partial charge in [-0.3, -0.25) is 4.79 Å². The molecule has 1 heterocycles. The largest absolute Gasteiger partial charge is 0.481 e. The fourth-order valence-corrected chi connectivity index (χ4v) is 4.91. The highest BCUT2D eigenvalue weighted by Gasteiger charge is 2.34. The van der Waals surface area contributed by atoms with Crippen LogP contribution in [0.4, 0.5) is 0 Å². The van der Waals surface area contributed by atoms with Crippen LogP contribution in [0, 0.1) is 11.8 Å². The Morgan fingerprint density at radius 1 is 1.32 bits per heavy atom. The van der Waals surface area contributed by atoms with E-state index in [4.69, 9.17) is 0 Å². The number of carbonyl (C=O) groups is 1. The number of hydrogen-bond donors (Lipinski definition) is 1. The molecule has 0 bridgehead atoms. The minimum absolute atomic E-state index is 0.130. The standard InChI is InChI=1S/C16H20O2S/c17-16(18)14(11-5-1-2-6-11)10-13-9-12-7-3-4-8-15(12)19-13/h3-4,7-8,11,13-14H,1-2,5-6,9-10H2,(H,17,18). The number of fused-ring (bicyclic) bond motifs is 1. The first-order chi connectivity index (χ1) is 9.24. The second-order valence-electron chi connectivity index (χ2n) is 5.78. The third kappa shape index (κ3) is 2.81. The Morgan fingerprint density at radius 2 is 2.05 bits per heavy atom. The highest BCUT2D eigenvalue weighted by Crippen LogP contribution is 2.42. The molecule has 2 aliphatic rings. The van der Waals surface area contributed by atoms with Crippen LogP contribution in [0.5, 0.6) is 0 Å². The topological polar surface area (TPSA) is 37.3 Å². The van der Waals surface area contributed by atoms with Crippen LogP contribution in [0.25, 0.3) is 0 Å². The van der Waals surface area contributed by atoms with E-state index in [2.05, 4.69) is 24.3 Å². The zero-order chi connectivity index (χ0) is 13.2. The van der Waals surface area contributed by atoms with Gasteiger partial charge in [-0.2, -0.15) is 0 Å². The lowest BCUT2D eigenvalue weighted by atomic mass is 9.86. The summed E-state index contributed by atoms with van der Waals surface area (Å²) in [6.45, 7) is 0. The Labute approximate surface area is 118 Å². The molecule has 1 aromatic carbocycles. The summed E-state index contributed by atoms with van der Waals surface area (Å²) in [5.41, 5.74) is 1.40. The monoisotopic (exact) mass is 276 g/mol. The smallest absolute Gasteiger partial charge is 0.306 e. The van der Waals surface area contributed by atoms with E-state index in [1.54, 1.807) is 0 Å². The second-order valence-corrected chi connectivity index (χ2v) is 7.12. The maximum atomic E-state index is 11.5. The normalized spacial score (nSPS) is 24.3. The number of aliphatic carboxylic acids is 1. The van der Waals surface area contributed by atoms with E-state index in [0.717, 1.165) is 25.7 Å². The van der Waals surface area contributed by atoms with Crippen LogP contribution < -0.4 is 0 Å². The molecule has 3 heteroatoms. The predicted octanol–water partition coefficient (Wildman–Crippen LogP) is 3.98. The summed E-state index contributed by atoms with van der Waals surface area (Å²) in [7, 11) is 0. The highest BCUT2D eigenvalue weighted by atomic mass is 32.2. The van der Waals surface area contributed by atoms with Crippen LogP contribution in [0.15, 0.2) is 29.2 Å². The van der Waals surface area contributed by atoms with Gasteiger partial charge in [0.2, 0.25) is 0 Å². The van der Waals surface area contributed by atoms with Crippen molar-refractivity contribution < 1.29 is 9.90 Å². The molecule has 2 atom stereocenters. The number of hydrogen-bond acceptors (Lipinski definition) is 2. The van der Waals surface area contributed by atoms with Crippen molar-refractivity contribution in [2.45, 2.75) is 48.7 Å². The van der Waals surface area contributed by atoms with Gasteiger partial charge in [-0.15, -0.1) is 11.8 Å². The summed E-state index contributed by atoms with van der Waals surface area (Å²) in [6.07, 6.45) is 6.53. The first-order valence-corrected chi connectivity index (χ1v) is 8.09. The second kappa shape index (κ2) is 5.58. The van der Waals surface area contributed by atoms with Crippen molar-refractivity contribution in [1.29, 1.82) is 0 Å². The molecule has 0 radical (unpaired) electrons. The third-order valence-electron chi connectivity index (χ3n) is 4.52. The van der Waals surface area contributed by atoms with Gasteiger partial charge in [-0.25, -0.2) is 0 Å². The Morgan fingerprint density at radius 3 is 2.74 bits per heavy atom. The number of carboxylic acid groups (broad SMARTS) is 1. The molecule has 1 aromatic rings. The molecule has 3 rings (SSSR count). The van der Waals surface area contributed by atoms with Crippen molar-refractivity contribution in [3.63, 3.8) is 0 Å². The maximum Gasteiger partial charge on any atom is 0.306 e. The van der Waals surface area contributed by atoms with Crippen LogP contribution >= 0.6 is 11.8 Å². The number of carboxylic acids is 1. The van der Waals surface area contributed by atoms with Gasteiger partial charge in [0.15, 0.2) is 0 Å². The van der Waals surface area contributed by atoms with E-state index in [1.807, 2.05) is 11.8 Å². The molecule has 19 heavy (non-hydrogen) atoms. The molecule has 0 saturated heterocycles. The molecule has 0 aromatic heterocycles. The molecule has 1 aliphatic heterocycles. The summed E-state index contributed by atoms with van der Waals surface area (Å²) in [5.74, 6) is -0.292. The van der Waals surface area contributed by atoms with Crippen LogP contribution in [-0.4, -0.2) is 16.3 Å². The lowest BCUT2D eigenvalue weighted by Crippen LogP contribution is -2.25. The van der Waals surface area contributed by atoms with Gasteiger partial charge < -0.3 is 5.11 Å². The minimum Gasteiger partial charge on any atom is -0.481 e. The van der Waals surface area contributed by atoms with Gasteiger partial charge in [0.1, 0.15) is 0 Å². The van der Waals surface area contributed by atoms with Gasteiger partial charge in [-0.1, -0.05) is 31.0 Å². The summed E-state index contributed by atoms with van der Waals surface area (Å²) >= 11 is 1.88. The minimum atomic E-state index is -0.580. The van der Waals surface area contributed by atoms with E-state index >= 15 is 0 Å². The van der Waals surface area contributed by atoms with Crippen LogP contribution in [0.3, 0.4) is 0 Å². The van der Waals surface area contributed by atoms with Crippen molar-refractivity contribution in [3.05, 3.63) is 29.8 Å². The average molecular weight is 276 g/mol. The van der Waals surface area contributed by atoms with E-state index in [0.29, 0.717) is 11.2 Å². The summed E-state index contributed by atoms with van der Waals surface area (Å²) < 4.78 is 0.